The smallest absolute Gasteiger partial charge is 0.224 e. The third-order valence-electron chi connectivity index (χ3n) is 2.78. The lowest BCUT2D eigenvalue weighted by molar-refractivity contribution is -0.116. The van der Waals surface area contributed by atoms with Gasteiger partial charge in [-0.3, -0.25) is 4.79 Å². The minimum absolute atomic E-state index is 0.0823. The molecule has 0 aliphatic rings. The van der Waals surface area contributed by atoms with Gasteiger partial charge >= 0.3 is 0 Å². The van der Waals surface area contributed by atoms with Crippen molar-refractivity contribution in [3.05, 3.63) is 24.3 Å². The molecule has 0 atom stereocenters. The Bertz CT molecular complexity index is 365. The summed E-state index contributed by atoms with van der Waals surface area (Å²) in [6.45, 7) is 2.21. The zero-order valence-corrected chi connectivity index (χ0v) is 12.5. The molecule has 0 fully saturated rings. The number of nitrogens with two attached hydrogens (primary N) is 1. The van der Waals surface area contributed by atoms with Gasteiger partial charge in [-0.05, 0) is 48.6 Å². The summed E-state index contributed by atoms with van der Waals surface area (Å²) in [7, 11) is 0. The van der Waals surface area contributed by atoms with E-state index in [2.05, 4.69) is 12.2 Å². The molecule has 1 rings (SSSR count). The number of rotatable bonds is 9. The number of anilines is 2. The summed E-state index contributed by atoms with van der Waals surface area (Å²) in [5, 5.41) is 2.88. The molecule has 1 aromatic rings. The summed E-state index contributed by atoms with van der Waals surface area (Å²) in [5.41, 5.74) is 7.11. The van der Waals surface area contributed by atoms with Crippen LogP contribution in [0.5, 0.6) is 0 Å². The topological polar surface area (TPSA) is 55.1 Å². The van der Waals surface area contributed by atoms with E-state index < -0.39 is 0 Å². The molecule has 3 nitrogen and oxygen atoms in total. The maximum atomic E-state index is 11.7. The normalized spacial score (nSPS) is 10.4. The maximum absolute atomic E-state index is 11.7. The molecule has 0 aromatic heterocycles. The van der Waals surface area contributed by atoms with Crippen LogP contribution in [0.1, 0.15) is 39.0 Å². The zero-order chi connectivity index (χ0) is 13.9. The number of amides is 1. The summed E-state index contributed by atoms with van der Waals surface area (Å²) >= 11 is 1.95. The van der Waals surface area contributed by atoms with Crippen molar-refractivity contribution in [3.63, 3.8) is 0 Å². The number of thioether (sulfide) groups is 1. The summed E-state index contributed by atoms with van der Waals surface area (Å²) in [5.74, 6) is 2.37. The second kappa shape index (κ2) is 9.73. The average molecular weight is 280 g/mol. The van der Waals surface area contributed by atoms with Crippen molar-refractivity contribution in [3.8, 4) is 0 Å². The van der Waals surface area contributed by atoms with Gasteiger partial charge in [0, 0.05) is 17.8 Å². The second-order valence-corrected chi connectivity index (χ2v) is 5.82. The first-order chi connectivity index (χ1) is 9.22. The standard InChI is InChI=1S/C15H24N2OS/c1-2-3-4-11-19-12-5-6-15(18)17-14-9-7-13(16)8-10-14/h7-10H,2-6,11-12,16H2,1H3,(H,17,18). The van der Waals surface area contributed by atoms with Gasteiger partial charge in [0.2, 0.25) is 5.91 Å². The highest BCUT2D eigenvalue weighted by molar-refractivity contribution is 7.99. The molecule has 3 N–H and O–H groups in total. The molecular weight excluding hydrogens is 256 g/mol. The number of nitrogen functional groups attached to an aromatic ring is 1. The molecule has 1 aromatic carbocycles. The molecule has 0 spiro atoms. The van der Waals surface area contributed by atoms with E-state index in [9.17, 15) is 4.79 Å². The van der Waals surface area contributed by atoms with E-state index in [1.54, 1.807) is 12.1 Å². The maximum Gasteiger partial charge on any atom is 0.224 e. The van der Waals surface area contributed by atoms with Crippen LogP contribution in [0.4, 0.5) is 11.4 Å². The molecule has 19 heavy (non-hydrogen) atoms. The predicted molar refractivity (Wildman–Crippen MR) is 85.6 cm³/mol. The van der Waals surface area contributed by atoms with E-state index in [0.717, 1.165) is 17.9 Å². The Morgan fingerprint density at radius 3 is 2.53 bits per heavy atom. The first-order valence-electron chi connectivity index (χ1n) is 6.95. The summed E-state index contributed by atoms with van der Waals surface area (Å²) < 4.78 is 0. The Kier molecular flexibility index (Phi) is 8.14. The van der Waals surface area contributed by atoms with Gasteiger partial charge in [-0.25, -0.2) is 0 Å². The highest BCUT2D eigenvalue weighted by Gasteiger charge is 2.02. The van der Waals surface area contributed by atoms with Crippen LogP contribution in [0.2, 0.25) is 0 Å². The fourth-order valence-electron chi connectivity index (χ4n) is 1.68. The van der Waals surface area contributed by atoms with Crippen LogP contribution in [0.25, 0.3) is 0 Å². The lowest BCUT2D eigenvalue weighted by Gasteiger charge is -2.05. The number of hydrogen-bond donors (Lipinski definition) is 2. The monoisotopic (exact) mass is 280 g/mol. The number of nitrogens with one attached hydrogen (secondary N) is 1. The molecule has 0 bridgehead atoms. The van der Waals surface area contributed by atoms with Crippen molar-refractivity contribution < 1.29 is 4.79 Å². The lowest BCUT2D eigenvalue weighted by Crippen LogP contribution is -2.11. The Morgan fingerprint density at radius 1 is 1.16 bits per heavy atom. The van der Waals surface area contributed by atoms with Gasteiger partial charge in [-0.15, -0.1) is 0 Å². The molecule has 0 unspecified atom stereocenters. The first-order valence-corrected chi connectivity index (χ1v) is 8.11. The fraction of sp³-hybridized carbons (Fsp3) is 0.533. The molecule has 1 amide bonds. The number of unbranched alkanes of at least 4 members (excludes halogenated alkanes) is 2. The van der Waals surface area contributed by atoms with E-state index in [1.807, 2.05) is 23.9 Å². The minimum atomic E-state index is 0.0823. The third kappa shape index (κ3) is 7.78. The molecule has 106 valence electrons. The number of carbonyl (C=O) groups is 1. The van der Waals surface area contributed by atoms with Gasteiger partial charge in [-0.1, -0.05) is 19.8 Å². The first kappa shape index (κ1) is 15.9. The Hall–Kier alpha value is -1.16. The summed E-state index contributed by atoms with van der Waals surface area (Å²) in [6, 6.07) is 7.23. The van der Waals surface area contributed by atoms with Gasteiger partial charge in [-0.2, -0.15) is 11.8 Å². The largest absolute Gasteiger partial charge is 0.399 e. The average Bonchev–Trinajstić information content (AvgIpc) is 2.40. The van der Waals surface area contributed by atoms with Crippen LogP contribution in [0.3, 0.4) is 0 Å². The van der Waals surface area contributed by atoms with Crippen molar-refractivity contribution in [2.24, 2.45) is 0 Å². The van der Waals surface area contributed by atoms with Crippen LogP contribution < -0.4 is 11.1 Å². The number of benzene rings is 1. The van der Waals surface area contributed by atoms with E-state index in [-0.39, 0.29) is 5.91 Å². The molecule has 0 heterocycles. The van der Waals surface area contributed by atoms with Gasteiger partial charge in [0.25, 0.3) is 0 Å². The molecule has 0 saturated heterocycles. The second-order valence-electron chi connectivity index (χ2n) is 4.59. The molecule has 0 aliphatic carbocycles. The van der Waals surface area contributed by atoms with Crippen molar-refractivity contribution in [2.45, 2.75) is 39.0 Å². The molecular formula is C15H24N2OS. The van der Waals surface area contributed by atoms with Crippen molar-refractivity contribution >= 4 is 29.0 Å². The third-order valence-corrected chi connectivity index (χ3v) is 3.93. The Labute approximate surface area is 120 Å². The SMILES string of the molecule is CCCCCSCCCC(=O)Nc1ccc(N)cc1. The van der Waals surface area contributed by atoms with Gasteiger partial charge < -0.3 is 11.1 Å². The highest BCUT2D eigenvalue weighted by atomic mass is 32.2. The molecule has 0 saturated carbocycles. The van der Waals surface area contributed by atoms with Gasteiger partial charge in [0.1, 0.15) is 0 Å². The molecule has 0 aliphatic heterocycles. The predicted octanol–water partition coefficient (Wildman–Crippen LogP) is 3.91. The van der Waals surface area contributed by atoms with Gasteiger partial charge in [0.15, 0.2) is 0 Å². The summed E-state index contributed by atoms with van der Waals surface area (Å²) in [4.78, 5) is 11.7. The minimum Gasteiger partial charge on any atom is -0.399 e. The highest BCUT2D eigenvalue weighted by Crippen LogP contribution is 2.12. The fourth-order valence-corrected chi connectivity index (χ4v) is 2.64. The van der Waals surface area contributed by atoms with E-state index in [0.29, 0.717) is 12.1 Å². The Morgan fingerprint density at radius 2 is 1.84 bits per heavy atom. The number of hydrogen-bond acceptors (Lipinski definition) is 3. The quantitative estimate of drug-likeness (QED) is 0.532. The van der Waals surface area contributed by atoms with Crippen molar-refractivity contribution in [1.82, 2.24) is 0 Å². The van der Waals surface area contributed by atoms with Crippen LogP contribution in [-0.2, 0) is 4.79 Å². The van der Waals surface area contributed by atoms with E-state index >= 15 is 0 Å². The van der Waals surface area contributed by atoms with Crippen LogP contribution >= 0.6 is 11.8 Å². The Balaban J connectivity index is 2.06. The molecule has 0 radical (unpaired) electrons. The summed E-state index contributed by atoms with van der Waals surface area (Å²) in [6.07, 6.45) is 5.40. The van der Waals surface area contributed by atoms with Crippen LogP contribution in [0.15, 0.2) is 24.3 Å². The lowest BCUT2D eigenvalue weighted by atomic mass is 10.2. The van der Waals surface area contributed by atoms with Gasteiger partial charge in [0.05, 0.1) is 0 Å². The van der Waals surface area contributed by atoms with Crippen LogP contribution in [0, 0.1) is 0 Å². The van der Waals surface area contributed by atoms with E-state index in [4.69, 9.17) is 5.73 Å². The van der Waals surface area contributed by atoms with E-state index in [1.165, 1.54) is 25.0 Å². The van der Waals surface area contributed by atoms with Crippen molar-refractivity contribution in [2.75, 3.05) is 22.6 Å². The molecule has 4 heteroatoms. The van der Waals surface area contributed by atoms with Crippen molar-refractivity contribution in [1.29, 1.82) is 0 Å². The van der Waals surface area contributed by atoms with Crippen LogP contribution in [-0.4, -0.2) is 17.4 Å². The zero-order valence-electron chi connectivity index (χ0n) is 11.7. The number of carbonyl (C=O) groups excluding carboxylic acids is 1.